The second-order valence-electron chi connectivity index (χ2n) is 3.67. The summed E-state index contributed by atoms with van der Waals surface area (Å²) in [5, 5.41) is 0. The van der Waals surface area contributed by atoms with E-state index in [1.807, 2.05) is 38.1 Å². The number of hydrogen-bond acceptors (Lipinski definition) is 5. The molecule has 0 bridgehead atoms. The van der Waals surface area contributed by atoms with Gasteiger partial charge in [0, 0.05) is 25.3 Å². The van der Waals surface area contributed by atoms with Crippen LogP contribution in [0.15, 0.2) is 12.1 Å². The number of anilines is 2. The van der Waals surface area contributed by atoms with E-state index in [0.717, 1.165) is 22.7 Å². The third-order valence-corrected chi connectivity index (χ3v) is 2.11. The molecule has 0 radical (unpaired) electrons. The molecular formula is C10H18N2O5S. The van der Waals surface area contributed by atoms with Crippen LogP contribution in [-0.4, -0.2) is 38.7 Å². The Morgan fingerprint density at radius 2 is 1.72 bits per heavy atom. The number of nitrogen functional groups attached to an aromatic ring is 1. The molecule has 0 unspecified atom stereocenters. The van der Waals surface area contributed by atoms with Crippen molar-refractivity contribution in [2.75, 3.05) is 31.8 Å². The molecule has 0 fully saturated rings. The van der Waals surface area contributed by atoms with Gasteiger partial charge in [0.15, 0.2) is 0 Å². The Bertz CT molecular complexity index is 491. The molecule has 18 heavy (non-hydrogen) atoms. The van der Waals surface area contributed by atoms with Crippen LogP contribution in [0.1, 0.15) is 5.56 Å². The summed E-state index contributed by atoms with van der Waals surface area (Å²) in [5.41, 5.74) is 8.58. The van der Waals surface area contributed by atoms with Crippen LogP contribution >= 0.6 is 0 Å². The number of benzene rings is 1. The van der Waals surface area contributed by atoms with Crippen molar-refractivity contribution in [2.24, 2.45) is 0 Å². The number of rotatable bonds is 2. The van der Waals surface area contributed by atoms with Gasteiger partial charge in [-0.3, -0.25) is 9.11 Å². The zero-order chi connectivity index (χ0) is 14.5. The van der Waals surface area contributed by atoms with E-state index in [4.69, 9.17) is 28.0 Å². The SMILES string of the molecule is COc1c(N(C)C)ccc(N)c1C.O=S(=O)(O)O. The first-order valence-electron chi connectivity index (χ1n) is 4.88. The van der Waals surface area contributed by atoms with E-state index in [2.05, 4.69) is 0 Å². The molecule has 0 heterocycles. The smallest absolute Gasteiger partial charge is 0.394 e. The third-order valence-electron chi connectivity index (χ3n) is 2.11. The first-order valence-corrected chi connectivity index (χ1v) is 6.28. The predicted octanol–water partition coefficient (Wildman–Crippen LogP) is 0.999. The highest BCUT2D eigenvalue weighted by Gasteiger charge is 2.09. The van der Waals surface area contributed by atoms with Crippen LogP contribution in [0.25, 0.3) is 0 Å². The quantitative estimate of drug-likeness (QED) is 0.546. The summed E-state index contributed by atoms with van der Waals surface area (Å²) in [6.07, 6.45) is 0. The Balaban J connectivity index is 0.000000494. The van der Waals surface area contributed by atoms with Crippen LogP contribution in [0.2, 0.25) is 0 Å². The van der Waals surface area contributed by atoms with Gasteiger partial charge >= 0.3 is 10.4 Å². The molecule has 0 saturated heterocycles. The van der Waals surface area contributed by atoms with E-state index >= 15 is 0 Å². The lowest BCUT2D eigenvalue weighted by molar-refractivity contribution is 0.381. The Hall–Kier alpha value is -1.51. The standard InChI is InChI=1S/C10H16N2O.H2O4S/c1-7-8(11)5-6-9(12(2)3)10(7)13-4;1-5(2,3)4/h5-6H,11H2,1-4H3;(H2,1,2,3,4). The van der Waals surface area contributed by atoms with E-state index < -0.39 is 10.4 Å². The van der Waals surface area contributed by atoms with Crippen molar-refractivity contribution in [1.29, 1.82) is 0 Å². The normalized spacial score (nSPS) is 10.3. The van der Waals surface area contributed by atoms with Gasteiger partial charge in [-0.25, -0.2) is 0 Å². The highest BCUT2D eigenvalue weighted by Crippen LogP contribution is 2.33. The molecule has 4 N–H and O–H groups in total. The van der Waals surface area contributed by atoms with Gasteiger partial charge < -0.3 is 15.4 Å². The fourth-order valence-corrected chi connectivity index (χ4v) is 1.30. The van der Waals surface area contributed by atoms with Crippen molar-refractivity contribution in [3.8, 4) is 5.75 Å². The maximum atomic E-state index is 8.74. The minimum atomic E-state index is -4.67. The van der Waals surface area contributed by atoms with Crippen LogP contribution in [0, 0.1) is 6.92 Å². The summed E-state index contributed by atoms with van der Waals surface area (Å²) in [4.78, 5) is 2.01. The molecule has 1 aromatic rings. The summed E-state index contributed by atoms with van der Waals surface area (Å²) >= 11 is 0. The number of nitrogens with two attached hydrogens (primary N) is 1. The summed E-state index contributed by atoms with van der Waals surface area (Å²) in [7, 11) is 0.954. The zero-order valence-corrected chi connectivity index (χ0v) is 11.5. The van der Waals surface area contributed by atoms with E-state index in [0.29, 0.717) is 0 Å². The molecular weight excluding hydrogens is 260 g/mol. The van der Waals surface area contributed by atoms with Crippen LogP contribution in [0.3, 0.4) is 0 Å². The van der Waals surface area contributed by atoms with Crippen LogP contribution in [-0.2, 0) is 10.4 Å². The highest BCUT2D eigenvalue weighted by molar-refractivity contribution is 7.79. The van der Waals surface area contributed by atoms with E-state index in [-0.39, 0.29) is 0 Å². The molecule has 8 heteroatoms. The molecule has 1 rings (SSSR count). The van der Waals surface area contributed by atoms with Gasteiger partial charge in [0.1, 0.15) is 5.75 Å². The van der Waals surface area contributed by atoms with Crippen LogP contribution < -0.4 is 15.4 Å². The van der Waals surface area contributed by atoms with Crippen molar-refractivity contribution in [2.45, 2.75) is 6.92 Å². The number of methoxy groups -OCH3 is 1. The maximum Gasteiger partial charge on any atom is 0.394 e. The summed E-state index contributed by atoms with van der Waals surface area (Å²) in [6, 6.07) is 3.86. The van der Waals surface area contributed by atoms with Crippen LogP contribution in [0.4, 0.5) is 11.4 Å². The molecule has 0 atom stereocenters. The third kappa shape index (κ3) is 5.71. The molecule has 0 aliphatic rings. The van der Waals surface area contributed by atoms with Gasteiger partial charge in [-0.05, 0) is 19.1 Å². The predicted molar refractivity (Wildman–Crippen MR) is 70.6 cm³/mol. The molecule has 104 valence electrons. The average molecular weight is 278 g/mol. The Kier molecular flexibility index (Phi) is 5.89. The Labute approximate surface area is 107 Å². The molecule has 0 amide bonds. The van der Waals surface area contributed by atoms with Crippen LogP contribution in [0.5, 0.6) is 5.75 Å². The monoisotopic (exact) mass is 278 g/mol. The fourth-order valence-electron chi connectivity index (χ4n) is 1.30. The van der Waals surface area contributed by atoms with E-state index in [1.165, 1.54) is 0 Å². The second kappa shape index (κ2) is 6.43. The number of ether oxygens (including phenoxy) is 1. The largest absolute Gasteiger partial charge is 0.494 e. The van der Waals surface area contributed by atoms with Crippen molar-refractivity contribution in [1.82, 2.24) is 0 Å². The fraction of sp³-hybridized carbons (Fsp3) is 0.400. The molecule has 0 aliphatic carbocycles. The molecule has 0 aliphatic heterocycles. The summed E-state index contributed by atoms with van der Waals surface area (Å²) in [6.45, 7) is 1.96. The molecule has 7 nitrogen and oxygen atoms in total. The average Bonchev–Trinajstić information content (AvgIpc) is 2.18. The van der Waals surface area contributed by atoms with Crippen molar-refractivity contribution >= 4 is 21.8 Å². The molecule has 1 aromatic carbocycles. The van der Waals surface area contributed by atoms with E-state index in [9.17, 15) is 0 Å². The molecule has 0 aromatic heterocycles. The second-order valence-corrected chi connectivity index (χ2v) is 4.57. The van der Waals surface area contributed by atoms with Crippen molar-refractivity contribution < 1.29 is 22.3 Å². The lowest BCUT2D eigenvalue weighted by Gasteiger charge is -2.19. The van der Waals surface area contributed by atoms with Crippen molar-refractivity contribution in [3.05, 3.63) is 17.7 Å². The summed E-state index contributed by atoms with van der Waals surface area (Å²) < 4.78 is 36.9. The number of nitrogens with zero attached hydrogens (tertiary/aromatic N) is 1. The molecule has 0 saturated carbocycles. The first-order chi connectivity index (χ1) is 8.07. The minimum absolute atomic E-state index is 0.766. The lowest BCUT2D eigenvalue weighted by Crippen LogP contribution is -2.11. The number of hydrogen-bond donors (Lipinski definition) is 3. The van der Waals surface area contributed by atoms with Gasteiger partial charge in [-0.15, -0.1) is 0 Å². The Morgan fingerprint density at radius 1 is 1.28 bits per heavy atom. The lowest BCUT2D eigenvalue weighted by atomic mass is 10.1. The minimum Gasteiger partial charge on any atom is -0.494 e. The molecule has 0 spiro atoms. The summed E-state index contributed by atoms with van der Waals surface area (Å²) in [5.74, 6) is 0.852. The Morgan fingerprint density at radius 3 is 2.06 bits per heavy atom. The van der Waals surface area contributed by atoms with Gasteiger partial charge in [0.25, 0.3) is 0 Å². The van der Waals surface area contributed by atoms with Gasteiger partial charge in [-0.1, -0.05) is 0 Å². The zero-order valence-electron chi connectivity index (χ0n) is 10.7. The first kappa shape index (κ1) is 16.5. The van der Waals surface area contributed by atoms with Crippen molar-refractivity contribution in [3.63, 3.8) is 0 Å². The van der Waals surface area contributed by atoms with E-state index in [1.54, 1.807) is 7.11 Å². The maximum absolute atomic E-state index is 8.74. The highest BCUT2D eigenvalue weighted by atomic mass is 32.3. The van der Waals surface area contributed by atoms with Gasteiger partial charge in [0.05, 0.1) is 12.8 Å². The van der Waals surface area contributed by atoms with Gasteiger partial charge in [-0.2, -0.15) is 8.42 Å². The van der Waals surface area contributed by atoms with Gasteiger partial charge in [0.2, 0.25) is 0 Å². The topological polar surface area (TPSA) is 113 Å².